The number of aryl methyl sites for hydroxylation is 1. The number of benzene rings is 2. The summed E-state index contributed by atoms with van der Waals surface area (Å²) in [6.45, 7) is 1.92. The van der Waals surface area contributed by atoms with Crippen LogP contribution in [0.1, 0.15) is 11.1 Å². The molecule has 2 N–H and O–H groups in total. The van der Waals surface area contributed by atoms with Crippen molar-refractivity contribution in [3.8, 4) is 11.8 Å². The third-order valence-corrected chi connectivity index (χ3v) is 3.25. The van der Waals surface area contributed by atoms with Gasteiger partial charge in [0.15, 0.2) is 0 Å². The number of fused-ring (bicyclic) bond motifs is 1. The molecule has 3 aromatic rings. The van der Waals surface area contributed by atoms with Gasteiger partial charge in [0.05, 0.1) is 16.7 Å². The van der Waals surface area contributed by atoms with Crippen LogP contribution in [0.2, 0.25) is 0 Å². The fraction of sp³-hybridized carbons (Fsp3) is 0.0667. The van der Waals surface area contributed by atoms with Gasteiger partial charge in [-0.2, -0.15) is 5.26 Å². The second-order valence-corrected chi connectivity index (χ2v) is 4.49. The van der Waals surface area contributed by atoms with Gasteiger partial charge < -0.3 is 5.73 Å². The first-order chi connectivity index (χ1) is 9.63. The van der Waals surface area contributed by atoms with Gasteiger partial charge in [0.1, 0.15) is 17.4 Å². The lowest BCUT2D eigenvalue weighted by Gasteiger charge is -2.10. The van der Waals surface area contributed by atoms with Crippen LogP contribution < -0.4 is 5.73 Å². The summed E-state index contributed by atoms with van der Waals surface area (Å²) in [4.78, 5) is 4.26. The number of hydrogen-bond acceptors (Lipinski definition) is 3. The highest BCUT2D eigenvalue weighted by Crippen LogP contribution is 2.28. The number of aromatic nitrogens is 2. The summed E-state index contributed by atoms with van der Waals surface area (Å²) in [5.74, 6) is -0.337. The van der Waals surface area contributed by atoms with E-state index in [0.717, 1.165) is 16.6 Å². The Balaban J connectivity index is 2.45. The van der Waals surface area contributed by atoms with Crippen LogP contribution in [-0.4, -0.2) is 9.55 Å². The standard InChI is InChI=1S/C15H11FN4/c1-9-4-2-6-12-14(9)20(15(18)19-12)13-7-3-5-11(16)10(13)8-17/h2-7H,1H3,(H2,18,19). The monoisotopic (exact) mass is 266 g/mol. The van der Waals surface area contributed by atoms with E-state index < -0.39 is 5.82 Å². The fourth-order valence-electron chi connectivity index (χ4n) is 2.37. The smallest absolute Gasteiger partial charge is 0.205 e. The van der Waals surface area contributed by atoms with E-state index in [-0.39, 0.29) is 11.5 Å². The molecule has 0 radical (unpaired) electrons. The zero-order valence-corrected chi connectivity index (χ0v) is 10.8. The molecule has 0 bridgehead atoms. The average molecular weight is 266 g/mol. The Morgan fingerprint density at radius 2 is 2.00 bits per heavy atom. The third kappa shape index (κ3) is 1.62. The number of nitriles is 1. The van der Waals surface area contributed by atoms with Crippen LogP contribution in [0.25, 0.3) is 16.7 Å². The minimum absolute atomic E-state index is 0.0400. The molecule has 98 valence electrons. The molecule has 3 rings (SSSR count). The van der Waals surface area contributed by atoms with Crippen LogP contribution in [0.4, 0.5) is 10.3 Å². The molecule has 1 aromatic heterocycles. The number of nitrogens with zero attached hydrogens (tertiary/aromatic N) is 3. The summed E-state index contributed by atoms with van der Waals surface area (Å²) in [5, 5.41) is 9.17. The zero-order valence-electron chi connectivity index (χ0n) is 10.8. The molecule has 0 spiro atoms. The molecule has 2 aromatic carbocycles. The SMILES string of the molecule is Cc1cccc2nc(N)n(-c3cccc(F)c3C#N)c12. The number of hydrogen-bond donors (Lipinski definition) is 1. The number of imidazole rings is 1. The normalized spacial score (nSPS) is 10.7. The minimum Gasteiger partial charge on any atom is -0.369 e. The van der Waals surface area contributed by atoms with Gasteiger partial charge in [0.25, 0.3) is 0 Å². The Bertz CT molecular complexity index is 858. The quantitative estimate of drug-likeness (QED) is 0.736. The van der Waals surface area contributed by atoms with Gasteiger partial charge in [-0.15, -0.1) is 0 Å². The molecule has 20 heavy (non-hydrogen) atoms. The molecular formula is C15H11FN4. The number of para-hydroxylation sites is 1. The summed E-state index contributed by atoms with van der Waals surface area (Å²) in [7, 11) is 0. The van der Waals surface area contributed by atoms with Crippen LogP contribution in [0.5, 0.6) is 0 Å². The van der Waals surface area contributed by atoms with E-state index >= 15 is 0 Å². The summed E-state index contributed by atoms with van der Waals surface area (Å²) in [5.41, 5.74) is 8.77. The molecule has 1 heterocycles. The molecule has 0 saturated heterocycles. The van der Waals surface area contributed by atoms with Crippen molar-refractivity contribution >= 4 is 17.0 Å². The van der Waals surface area contributed by atoms with Crippen molar-refractivity contribution in [1.29, 1.82) is 5.26 Å². The Morgan fingerprint density at radius 3 is 2.75 bits per heavy atom. The number of nitrogens with two attached hydrogens (primary N) is 1. The highest BCUT2D eigenvalue weighted by atomic mass is 19.1. The lowest BCUT2D eigenvalue weighted by Crippen LogP contribution is -2.04. The van der Waals surface area contributed by atoms with E-state index in [0.29, 0.717) is 5.69 Å². The van der Waals surface area contributed by atoms with Gasteiger partial charge >= 0.3 is 0 Å². The highest BCUT2D eigenvalue weighted by molar-refractivity contribution is 5.84. The lowest BCUT2D eigenvalue weighted by molar-refractivity contribution is 0.623. The minimum atomic E-state index is -0.570. The Hall–Kier alpha value is -2.87. The van der Waals surface area contributed by atoms with E-state index in [1.807, 2.05) is 31.2 Å². The Kier molecular flexibility index (Phi) is 2.65. The maximum atomic E-state index is 13.8. The van der Waals surface area contributed by atoms with Gasteiger partial charge in [0.2, 0.25) is 5.95 Å². The van der Waals surface area contributed by atoms with E-state index in [1.54, 1.807) is 16.7 Å². The van der Waals surface area contributed by atoms with Gasteiger partial charge in [-0.05, 0) is 30.7 Å². The molecule has 0 atom stereocenters. The summed E-state index contributed by atoms with van der Waals surface area (Å²) in [6, 6.07) is 12.0. The summed E-state index contributed by atoms with van der Waals surface area (Å²) < 4.78 is 15.4. The second-order valence-electron chi connectivity index (χ2n) is 4.49. The van der Waals surface area contributed by atoms with Crippen molar-refractivity contribution < 1.29 is 4.39 Å². The third-order valence-electron chi connectivity index (χ3n) is 3.25. The zero-order chi connectivity index (χ0) is 14.3. The van der Waals surface area contributed by atoms with Crippen molar-refractivity contribution in [1.82, 2.24) is 9.55 Å². The van der Waals surface area contributed by atoms with Crippen molar-refractivity contribution in [3.05, 3.63) is 53.3 Å². The lowest BCUT2D eigenvalue weighted by atomic mass is 10.1. The predicted molar refractivity (Wildman–Crippen MR) is 74.9 cm³/mol. The predicted octanol–water partition coefficient (Wildman–Crippen LogP) is 2.93. The van der Waals surface area contributed by atoms with Gasteiger partial charge in [0, 0.05) is 0 Å². The number of halogens is 1. The van der Waals surface area contributed by atoms with Crippen LogP contribution in [-0.2, 0) is 0 Å². The van der Waals surface area contributed by atoms with E-state index in [4.69, 9.17) is 11.0 Å². The van der Waals surface area contributed by atoms with Crippen LogP contribution in [0, 0.1) is 24.1 Å². The molecule has 0 saturated carbocycles. The van der Waals surface area contributed by atoms with E-state index in [9.17, 15) is 4.39 Å². The first-order valence-corrected chi connectivity index (χ1v) is 6.06. The molecule has 0 fully saturated rings. The average Bonchev–Trinajstić information content (AvgIpc) is 2.76. The highest BCUT2D eigenvalue weighted by Gasteiger charge is 2.16. The van der Waals surface area contributed by atoms with Crippen molar-refractivity contribution in [2.24, 2.45) is 0 Å². The van der Waals surface area contributed by atoms with Crippen LogP contribution in [0.3, 0.4) is 0 Å². The van der Waals surface area contributed by atoms with E-state index in [2.05, 4.69) is 4.98 Å². The molecule has 5 heteroatoms. The number of nitrogen functional groups attached to an aromatic ring is 1. The van der Waals surface area contributed by atoms with Gasteiger partial charge in [-0.1, -0.05) is 18.2 Å². The summed E-state index contributed by atoms with van der Waals surface area (Å²) >= 11 is 0. The second kappa shape index (κ2) is 4.35. The molecule has 4 nitrogen and oxygen atoms in total. The van der Waals surface area contributed by atoms with Gasteiger partial charge in [-0.3, -0.25) is 4.57 Å². The molecule has 0 amide bonds. The first kappa shape index (κ1) is 12.2. The molecule has 0 aliphatic rings. The molecule has 0 unspecified atom stereocenters. The fourth-order valence-corrected chi connectivity index (χ4v) is 2.37. The Labute approximate surface area is 114 Å². The number of rotatable bonds is 1. The molecule has 0 aliphatic heterocycles. The molecule has 0 aliphatic carbocycles. The largest absolute Gasteiger partial charge is 0.369 e. The number of anilines is 1. The van der Waals surface area contributed by atoms with Crippen molar-refractivity contribution in [2.75, 3.05) is 5.73 Å². The van der Waals surface area contributed by atoms with Crippen molar-refractivity contribution in [3.63, 3.8) is 0 Å². The van der Waals surface area contributed by atoms with Crippen LogP contribution >= 0.6 is 0 Å². The maximum Gasteiger partial charge on any atom is 0.205 e. The first-order valence-electron chi connectivity index (χ1n) is 6.06. The van der Waals surface area contributed by atoms with Gasteiger partial charge in [-0.25, -0.2) is 9.37 Å². The van der Waals surface area contributed by atoms with E-state index in [1.165, 1.54) is 6.07 Å². The summed E-state index contributed by atoms with van der Waals surface area (Å²) in [6.07, 6.45) is 0. The maximum absolute atomic E-state index is 13.8. The topological polar surface area (TPSA) is 67.6 Å². The van der Waals surface area contributed by atoms with Crippen molar-refractivity contribution in [2.45, 2.75) is 6.92 Å². The van der Waals surface area contributed by atoms with Crippen LogP contribution in [0.15, 0.2) is 36.4 Å². The molecular weight excluding hydrogens is 255 g/mol. The Morgan fingerprint density at radius 1 is 1.25 bits per heavy atom.